The van der Waals surface area contributed by atoms with Gasteiger partial charge in [0.1, 0.15) is 5.65 Å². The summed E-state index contributed by atoms with van der Waals surface area (Å²) in [5.41, 5.74) is 2.82. The summed E-state index contributed by atoms with van der Waals surface area (Å²) in [7, 11) is 1.71. The number of methoxy groups -OCH3 is 1. The Bertz CT molecular complexity index is 675. The van der Waals surface area contributed by atoms with Crippen LogP contribution in [0.4, 0.5) is 0 Å². The molecule has 0 fully saturated rings. The van der Waals surface area contributed by atoms with E-state index in [1.807, 2.05) is 39.1 Å². The molecule has 6 nitrogen and oxygen atoms in total. The number of hydrogen-bond acceptors (Lipinski definition) is 3. The van der Waals surface area contributed by atoms with Gasteiger partial charge in [0.2, 0.25) is 0 Å². The molecule has 0 aliphatic heterocycles. The summed E-state index contributed by atoms with van der Waals surface area (Å²) >= 11 is 0. The number of guanidine groups is 1. The maximum atomic E-state index is 5.42. The van der Waals surface area contributed by atoms with E-state index in [4.69, 9.17) is 4.74 Å². The Morgan fingerprint density at radius 2 is 2.13 bits per heavy atom. The van der Waals surface area contributed by atoms with Crippen molar-refractivity contribution in [2.24, 2.45) is 4.99 Å². The number of hydrogen-bond donors (Lipinski definition) is 2. The van der Waals surface area contributed by atoms with Gasteiger partial charge in [-0.2, -0.15) is 0 Å². The number of pyridine rings is 1. The molecule has 0 saturated heterocycles. The van der Waals surface area contributed by atoms with Gasteiger partial charge in [-0.25, -0.2) is 9.98 Å². The topological polar surface area (TPSA) is 63.0 Å². The first kappa shape index (κ1) is 17.3. The highest BCUT2D eigenvalue weighted by atomic mass is 16.5. The lowest BCUT2D eigenvalue weighted by molar-refractivity contribution is 0.0268. The standard InChI is InChI=1S/C17H27N5O/c1-6-18-16(20-12-17(3,4)23-5)19-10-14-11-22-13(2)8-7-9-15(22)21-14/h7-9,11H,6,10,12H2,1-5H3,(H2,18,19,20). The van der Waals surface area contributed by atoms with E-state index in [9.17, 15) is 0 Å². The number of fused-ring (bicyclic) bond motifs is 1. The van der Waals surface area contributed by atoms with Gasteiger partial charge in [-0.3, -0.25) is 0 Å². The van der Waals surface area contributed by atoms with E-state index >= 15 is 0 Å². The molecule has 0 spiro atoms. The van der Waals surface area contributed by atoms with Gasteiger partial charge >= 0.3 is 0 Å². The van der Waals surface area contributed by atoms with E-state index in [1.54, 1.807) is 7.11 Å². The van der Waals surface area contributed by atoms with E-state index < -0.39 is 0 Å². The van der Waals surface area contributed by atoms with Crippen molar-refractivity contribution in [2.75, 3.05) is 20.2 Å². The summed E-state index contributed by atoms with van der Waals surface area (Å²) in [5.74, 6) is 0.770. The lowest BCUT2D eigenvalue weighted by Crippen LogP contribution is -2.45. The van der Waals surface area contributed by atoms with Crippen molar-refractivity contribution >= 4 is 11.6 Å². The molecule has 6 heteroatoms. The first-order valence-corrected chi connectivity index (χ1v) is 7.96. The predicted octanol–water partition coefficient (Wildman–Crippen LogP) is 2.12. The zero-order valence-electron chi connectivity index (χ0n) is 14.7. The zero-order valence-corrected chi connectivity index (χ0v) is 14.7. The minimum atomic E-state index is -0.240. The number of aromatic nitrogens is 2. The fourth-order valence-corrected chi connectivity index (χ4v) is 2.15. The van der Waals surface area contributed by atoms with E-state index in [-0.39, 0.29) is 5.60 Å². The summed E-state index contributed by atoms with van der Waals surface area (Å²) in [6.07, 6.45) is 2.04. The Kier molecular flexibility index (Phi) is 5.60. The largest absolute Gasteiger partial charge is 0.377 e. The average Bonchev–Trinajstić information content (AvgIpc) is 2.95. The summed E-state index contributed by atoms with van der Waals surface area (Å²) in [6.45, 7) is 10.2. The van der Waals surface area contributed by atoms with Crippen LogP contribution in [0.5, 0.6) is 0 Å². The molecule has 0 bridgehead atoms. The molecule has 0 aliphatic carbocycles. The summed E-state index contributed by atoms with van der Waals surface area (Å²) in [5, 5.41) is 6.55. The maximum absolute atomic E-state index is 5.42. The molecular formula is C17H27N5O. The van der Waals surface area contributed by atoms with Crippen molar-refractivity contribution in [2.45, 2.75) is 39.8 Å². The lowest BCUT2D eigenvalue weighted by atomic mass is 10.1. The van der Waals surface area contributed by atoms with Crippen LogP contribution in [0.3, 0.4) is 0 Å². The van der Waals surface area contributed by atoms with Gasteiger partial charge in [0.15, 0.2) is 5.96 Å². The van der Waals surface area contributed by atoms with E-state index in [1.165, 1.54) is 0 Å². The van der Waals surface area contributed by atoms with Crippen molar-refractivity contribution in [1.29, 1.82) is 0 Å². The Balaban J connectivity index is 2.08. The molecule has 0 radical (unpaired) electrons. The second-order valence-corrected chi connectivity index (χ2v) is 6.14. The Morgan fingerprint density at radius 3 is 2.78 bits per heavy atom. The fraction of sp³-hybridized carbons (Fsp3) is 0.529. The van der Waals surface area contributed by atoms with Crippen LogP contribution in [-0.4, -0.2) is 41.1 Å². The highest BCUT2D eigenvalue weighted by Crippen LogP contribution is 2.09. The van der Waals surface area contributed by atoms with Crippen LogP contribution in [0.25, 0.3) is 5.65 Å². The number of aliphatic imine (C=N–C) groups is 1. The first-order valence-electron chi connectivity index (χ1n) is 7.96. The molecule has 0 unspecified atom stereocenters. The Hall–Kier alpha value is -2.08. The smallest absolute Gasteiger partial charge is 0.191 e. The van der Waals surface area contributed by atoms with Crippen molar-refractivity contribution < 1.29 is 4.74 Å². The molecule has 2 rings (SSSR count). The number of aryl methyl sites for hydroxylation is 1. The number of ether oxygens (including phenoxy) is 1. The van der Waals surface area contributed by atoms with Gasteiger partial charge in [0.05, 0.1) is 17.8 Å². The molecule has 2 N–H and O–H groups in total. The first-order chi connectivity index (χ1) is 10.9. The van der Waals surface area contributed by atoms with E-state index in [0.29, 0.717) is 13.1 Å². The predicted molar refractivity (Wildman–Crippen MR) is 93.8 cm³/mol. The van der Waals surface area contributed by atoms with Crippen LogP contribution in [-0.2, 0) is 11.3 Å². The average molecular weight is 317 g/mol. The molecule has 2 aromatic rings. The van der Waals surface area contributed by atoms with E-state index in [2.05, 4.69) is 38.0 Å². The summed E-state index contributed by atoms with van der Waals surface area (Å²) in [4.78, 5) is 9.22. The van der Waals surface area contributed by atoms with Gasteiger partial charge in [0, 0.05) is 32.1 Å². The molecule has 0 saturated carbocycles. The zero-order chi connectivity index (χ0) is 16.9. The Labute approximate surface area is 138 Å². The molecule has 2 aromatic heterocycles. The summed E-state index contributed by atoms with van der Waals surface area (Å²) in [6, 6.07) is 6.09. The highest BCUT2D eigenvalue weighted by molar-refractivity contribution is 5.79. The van der Waals surface area contributed by atoms with Crippen LogP contribution in [0.1, 0.15) is 32.2 Å². The SMILES string of the molecule is CCNC(=NCc1cn2c(C)cccc2n1)NCC(C)(C)OC. The third-order valence-corrected chi connectivity index (χ3v) is 3.72. The molecule has 0 aromatic carbocycles. The number of nitrogens with zero attached hydrogens (tertiary/aromatic N) is 3. The van der Waals surface area contributed by atoms with Gasteiger partial charge in [0.25, 0.3) is 0 Å². The second-order valence-electron chi connectivity index (χ2n) is 6.14. The van der Waals surface area contributed by atoms with E-state index in [0.717, 1.165) is 29.5 Å². The molecule has 0 atom stereocenters. The molecule has 126 valence electrons. The molecule has 0 amide bonds. The lowest BCUT2D eigenvalue weighted by Gasteiger charge is -2.24. The van der Waals surface area contributed by atoms with Gasteiger partial charge in [-0.05, 0) is 39.8 Å². The van der Waals surface area contributed by atoms with Crippen molar-refractivity contribution in [3.05, 3.63) is 35.8 Å². The molecular weight excluding hydrogens is 290 g/mol. The number of imidazole rings is 1. The summed E-state index contributed by atoms with van der Waals surface area (Å²) < 4.78 is 7.50. The van der Waals surface area contributed by atoms with Crippen LogP contribution in [0, 0.1) is 6.92 Å². The quantitative estimate of drug-likeness (QED) is 0.633. The van der Waals surface area contributed by atoms with Crippen LogP contribution < -0.4 is 10.6 Å². The molecule has 0 aliphatic rings. The maximum Gasteiger partial charge on any atom is 0.191 e. The number of nitrogens with one attached hydrogen (secondary N) is 2. The highest BCUT2D eigenvalue weighted by Gasteiger charge is 2.16. The third-order valence-electron chi connectivity index (χ3n) is 3.72. The monoisotopic (exact) mass is 317 g/mol. The number of rotatable bonds is 6. The molecule has 23 heavy (non-hydrogen) atoms. The third kappa shape index (κ3) is 4.69. The minimum absolute atomic E-state index is 0.240. The van der Waals surface area contributed by atoms with Crippen LogP contribution >= 0.6 is 0 Å². The Morgan fingerprint density at radius 1 is 1.35 bits per heavy atom. The van der Waals surface area contributed by atoms with Crippen LogP contribution in [0.15, 0.2) is 29.4 Å². The van der Waals surface area contributed by atoms with Crippen molar-refractivity contribution in [1.82, 2.24) is 20.0 Å². The minimum Gasteiger partial charge on any atom is -0.377 e. The van der Waals surface area contributed by atoms with Gasteiger partial charge in [-0.1, -0.05) is 6.07 Å². The fourth-order valence-electron chi connectivity index (χ4n) is 2.15. The second kappa shape index (κ2) is 7.46. The van der Waals surface area contributed by atoms with Gasteiger partial charge < -0.3 is 19.8 Å². The van der Waals surface area contributed by atoms with Gasteiger partial charge in [-0.15, -0.1) is 0 Å². The van der Waals surface area contributed by atoms with Crippen molar-refractivity contribution in [3.63, 3.8) is 0 Å². The van der Waals surface area contributed by atoms with Crippen LogP contribution in [0.2, 0.25) is 0 Å². The molecule has 2 heterocycles. The normalized spacial score (nSPS) is 12.7. The van der Waals surface area contributed by atoms with Crippen molar-refractivity contribution in [3.8, 4) is 0 Å².